The van der Waals surface area contributed by atoms with Crippen LogP contribution in [0.2, 0.25) is 0 Å². The second kappa shape index (κ2) is 10.3. The molecule has 4 aromatic rings. The van der Waals surface area contributed by atoms with Crippen molar-refractivity contribution in [1.82, 2.24) is 14.5 Å². The van der Waals surface area contributed by atoms with Crippen molar-refractivity contribution in [3.05, 3.63) is 72.1 Å². The number of thioether (sulfide) groups is 1. The van der Waals surface area contributed by atoms with Gasteiger partial charge in [0.15, 0.2) is 5.13 Å². The molecule has 2 aromatic carbocycles. The Labute approximate surface area is 195 Å². The maximum Gasteiger partial charge on any atom is 0.229 e. The minimum absolute atomic E-state index is 0.0543. The number of benzene rings is 2. The van der Waals surface area contributed by atoms with Gasteiger partial charge >= 0.3 is 0 Å². The zero-order valence-electron chi connectivity index (χ0n) is 18.1. The van der Waals surface area contributed by atoms with Crippen molar-refractivity contribution in [3.63, 3.8) is 0 Å². The highest BCUT2D eigenvalue weighted by molar-refractivity contribution is 7.99. The molecule has 0 radical (unpaired) electrons. The van der Waals surface area contributed by atoms with Crippen molar-refractivity contribution in [3.8, 4) is 0 Å². The zero-order chi connectivity index (χ0) is 22.5. The molecule has 0 spiro atoms. The molecule has 2 heterocycles. The molecule has 0 aliphatic carbocycles. The van der Waals surface area contributed by atoms with Crippen LogP contribution in [0, 0.1) is 19.7 Å². The van der Waals surface area contributed by atoms with E-state index in [1.54, 1.807) is 47.8 Å². The molecule has 0 aliphatic heterocycles. The normalized spacial score (nSPS) is 11.2. The molecule has 4 rings (SSSR count). The average Bonchev–Trinajstić information content (AvgIpc) is 3.42. The molecular weight excluding hydrogens is 443 g/mol. The van der Waals surface area contributed by atoms with Crippen LogP contribution in [0.3, 0.4) is 0 Å². The first-order chi connectivity index (χ1) is 15.5. The molecule has 5 nitrogen and oxygen atoms in total. The minimum Gasteiger partial charge on any atom is -0.337 e. The summed E-state index contributed by atoms with van der Waals surface area (Å²) in [5.41, 5.74) is 3.29. The quantitative estimate of drug-likeness (QED) is 0.289. The van der Waals surface area contributed by atoms with Crippen molar-refractivity contribution in [2.45, 2.75) is 38.1 Å². The number of nitrogens with zero attached hydrogens (tertiary/aromatic N) is 4. The van der Waals surface area contributed by atoms with Crippen molar-refractivity contribution >= 4 is 44.4 Å². The van der Waals surface area contributed by atoms with E-state index < -0.39 is 0 Å². The van der Waals surface area contributed by atoms with Crippen molar-refractivity contribution in [2.75, 3.05) is 17.2 Å². The maximum atomic E-state index is 13.2. The second-order valence-corrected chi connectivity index (χ2v) is 9.82. The van der Waals surface area contributed by atoms with Gasteiger partial charge in [0.2, 0.25) is 5.91 Å². The highest BCUT2D eigenvalue weighted by atomic mass is 32.2. The summed E-state index contributed by atoms with van der Waals surface area (Å²) in [6.07, 6.45) is 6.67. The first kappa shape index (κ1) is 22.5. The molecule has 0 fully saturated rings. The Kier molecular flexibility index (Phi) is 7.22. The van der Waals surface area contributed by atoms with E-state index >= 15 is 0 Å². The molecule has 166 valence electrons. The van der Waals surface area contributed by atoms with Crippen LogP contribution in [0.4, 0.5) is 9.52 Å². The Morgan fingerprint density at radius 2 is 2.03 bits per heavy atom. The summed E-state index contributed by atoms with van der Waals surface area (Å²) in [7, 11) is 0. The van der Waals surface area contributed by atoms with Crippen LogP contribution < -0.4 is 4.90 Å². The topological polar surface area (TPSA) is 51.0 Å². The lowest BCUT2D eigenvalue weighted by atomic mass is 10.1. The molecule has 0 saturated heterocycles. The number of carbonyl (C=O) groups excluding carboxylic acids is 1. The number of hydrogen-bond acceptors (Lipinski definition) is 5. The molecule has 0 atom stereocenters. The van der Waals surface area contributed by atoms with Gasteiger partial charge in [-0.15, -0.1) is 11.8 Å². The van der Waals surface area contributed by atoms with Gasteiger partial charge in [0.25, 0.3) is 0 Å². The van der Waals surface area contributed by atoms with Crippen LogP contribution >= 0.6 is 23.1 Å². The van der Waals surface area contributed by atoms with E-state index in [0.29, 0.717) is 18.7 Å². The number of imidazole rings is 1. The van der Waals surface area contributed by atoms with Gasteiger partial charge in [-0.3, -0.25) is 9.69 Å². The third-order valence-electron chi connectivity index (χ3n) is 5.10. The van der Waals surface area contributed by atoms with Crippen LogP contribution in [0.25, 0.3) is 10.2 Å². The Morgan fingerprint density at radius 1 is 1.22 bits per heavy atom. The Hall–Kier alpha value is -2.71. The summed E-state index contributed by atoms with van der Waals surface area (Å²) in [6.45, 7) is 5.53. The zero-order valence-corrected chi connectivity index (χ0v) is 19.8. The highest BCUT2D eigenvalue weighted by Gasteiger charge is 2.20. The molecule has 8 heteroatoms. The Balaban J connectivity index is 1.48. The van der Waals surface area contributed by atoms with E-state index in [9.17, 15) is 9.18 Å². The van der Waals surface area contributed by atoms with Gasteiger partial charge in [-0.2, -0.15) is 0 Å². The molecule has 0 bridgehead atoms. The smallest absolute Gasteiger partial charge is 0.229 e. The van der Waals surface area contributed by atoms with E-state index in [0.717, 1.165) is 33.2 Å². The van der Waals surface area contributed by atoms with Gasteiger partial charge in [-0.25, -0.2) is 14.4 Å². The number of anilines is 1. The van der Waals surface area contributed by atoms with Crippen LogP contribution in [0.15, 0.2) is 60.0 Å². The monoisotopic (exact) mass is 468 g/mol. The second-order valence-electron chi connectivity index (χ2n) is 7.68. The molecular formula is C24H25FN4OS2. The lowest BCUT2D eigenvalue weighted by Gasteiger charge is -2.20. The predicted octanol–water partition coefficient (Wildman–Crippen LogP) is 5.85. The number of amides is 1. The maximum absolute atomic E-state index is 13.2. The highest BCUT2D eigenvalue weighted by Crippen LogP contribution is 2.33. The van der Waals surface area contributed by atoms with Crippen molar-refractivity contribution in [1.29, 1.82) is 0 Å². The van der Waals surface area contributed by atoms with Crippen LogP contribution in [0.1, 0.15) is 24.0 Å². The summed E-state index contributed by atoms with van der Waals surface area (Å²) in [5.74, 6) is 0.431. The van der Waals surface area contributed by atoms with E-state index in [2.05, 4.69) is 31.0 Å². The molecule has 2 aromatic heterocycles. The number of carbonyl (C=O) groups is 1. The molecule has 0 unspecified atom stereocenters. The minimum atomic E-state index is -0.254. The fraction of sp³-hybridized carbons (Fsp3) is 0.292. The van der Waals surface area contributed by atoms with Crippen LogP contribution in [-0.2, 0) is 11.3 Å². The lowest BCUT2D eigenvalue weighted by molar-refractivity contribution is -0.118. The van der Waals surface area contributed by atoms with Crippen molar-refractivity contribution in [2.24, 2.45) is 0 Å². The number of aromatic nitrogens is 3. The van der Waals surface area contributed by atoms with E-state index in [-0.39, 0.29) is 11.7 Å². The first-order valence-corrected chi connectivity index (χ1v) is 12.3. The van der Waals surface area contributed by atoms with Gasteiger partial charge in [0, 0.05) is 42.6 Å². The van der Waals surface area contributed by atoms with Crippen molar-refractivity contribution < 1.29 is 9.18 Å². The average molecular weight is 469 g/mol. The number of hydrogen-bond donors (Lipinski definition) is 0. The first-order valence-electron chi connectivity index (χ1n) is 10.5. The summed E-state index contributed by atoms with van der Waals surface area (Å²) >= 11 is 3.13. The fourth-order valence-corrected chi connectivity index (χ4v) is 5.46. The summed E-state index contributed by atoms with van der Waals surface area (Å²) in [5, 5.41) is 0.746. The number of halogens is 1. The van der Waals surface area contributed by atoms with E-state index in [4.69, 9.17) is 4.98 Å². The van der Waals surface area contributed by atoms with Gasteiger partial charge in [0.1, 0.15) is 5.82 Å². The summed E-state index contributed by atoms with van der Waals surface area (Å²) < 4.78 is 16.2. The van der Waals surface area contributed by atoms with E-state index in [1.807, 2.05) is 15.7 Å². The largest absolute Gasteiger partial charge is 0.337 e. The SMILES string of the molecule is Cc1cc(C)c2sc(N(CCCn3ccnc3)C(=O)CCSc3ccc(F)cc3)nc2c1. The Bertz CT molecular complexity index is 1190. The van der Waals surface area contributed by atoms with Gasteiger partial charge in [0.05, 0.1) is 16.5 Å². The van der Waals surface area contributed by atoms with Crippen LogP contribution in [0.5, 0.6) is 0 Å². The molecule has 0 N–H and O–H groups in total. The fourth-order valence-electron chi connectivity index (χ4n) is 3.56. The third-order valence-corrected chi connectivity index (χ3v) is 7.34. The number of rotatable bonds is 9. The lowest BCUT2D eigenvalue weighted by Crippen LogP contribution is -2.32. The third kappa shape index (κ3) is 5.55. The molecule has 0 aliphatic rings. The number of aryl methyl sites for hydroxylation is 3. The standard InChI is InChI=1S/C24H25FN4OS2/c1-17-14-18(2)23-21(15-17)27-24(32-23)29(11-3-10-28-12-9-26-16-28)22(30)8-13-31-20-6-4-19(25)5-7-20/h4-7,9,12,14-16H,3,8,10-11,13H2,1-2H3. The number of thiazole rings is 1. The molecule has 1 amide bonds. The predicted molar refractivity (Wildman–Crippen MR) is 130 cm³/mol. The van der Waals surface area contributed by atoms with E-state index in [1.165, 1.54) is 23.3 Å². The number of fused-ring (bicyclic) bond motifs is 1. The van der Waals surface area contributed by atoms with Gasteiger partial charge in [-0.1, -0.05) is 17.4 Å². The van der Waals surface area contributed by atoms with Gasteiger partial charge < -0.3 is 4.57 Å². The molecule has 32 heavy (non-hydrogen) atoms. The summed E-state index contributed by atoms with van der Waals surface area (Å²) in [4.78, 5) is 24.9. The Morgan fingerprint density at radius 3 is 2.78 bits per heavy atom. The van der Waals surface area contributed by atoms with Crippen LogP contribution in [-0.4, -0.2) is 32.7 Å². The summed E-state index contributed by atoms with van der Waals surface area (Å²) in [6, 6.07) is 10.6. The van der Waals surface area contributed by atoms with Gasteiger partial charge in [-0.05, 0) is 61.7 Å². The molecule has 0 saturated carbocycles.